The zero-order valence-electron chi connectivity index (χ0n) is 12.0. The molecule has 0 aliphatic carbocycles. The normalized spacial score (nSPS) is 12.4. The quantitative estimate of drug-likeness (QED) is 0.746. The van der Waals surface area contributed by atoms with Crippen LogP contribution in [-0.4, -0.2) is 18.6 Å². The van der Waals surface area contributed by atoms with E-state index in [1.807, 2.05) is 37.6 Å². The van der Waals surface area contributed by atoms with E-state index in [0.29, 0.717) is 0 Å². The van der Waals surface area contributed by atoms with Crippen LogP contribution in [0, 0.1) is 0 Å². The summed E-state index contributed by atoms with van der Waals surface area (Å²) in [5, 5.41) is 7.50. The smallest absolute Gasteiger partial charge is 0.134 e. The molecular weight excluding hydrogens is 280 g/mol. The fourth-order valence-electron chi connectivity index (χ4n) is 2.35. The molecule has 0 amide bonds. The predicted molar refractivity (Wildman–Crippen MR) is 88.0 cm³/mol. The average Bonchev–Trinajstić information content (AvgIpc) is 3.06. The van der Waals surface area contributed by atoms with E-state index in [1.54, 1.807) is 11.3 Å². The summed E-state index contributed by atoms with van der Waals surface area (Å²) >= 11 is 1.74. The van der Waals surface area contributed by atoms with Crippen molar-refractivity contribution >= 4 is 22.1 Å². The van der Waals surface area contributed by atoms with Crippen LogP contribution in [0.5, 0.6) is 5.75 Å². The topological polar surface area (TPSA) is 34.1 Å². The fourth-order valence-corrected chi connectivity index (χ4v) is 3.14. The van der Waals surface area contributed by atoms with Crippen molar-refractivity contribution in [2.45, 2.75) is 12.5 Å². The van der Waals surface area contributed by atoms with Gasteiger partial charge in [-0.1, -0.05) is 18.2 Å². The molecule has 2 aromatic heterocycles. The molecule has 0 spiro atoms. The van der Waals surface area contributed by atoms with Gasteiger partial charge < -0.3 is 10.1 Å². The van der Waals surface area contributed by atoms with E-state index in [0.717, 1.165) is 29.5 Å². The molecule has 0 saturated carbocycles. The molecule has 0 radical (unpaired) electrons. The van der Waals surface area contributed by atoms with Crippen LogP contribution in [0.2, 0.25) is 0 Å². The number of nitrogens with one attached hydrogen (secondary N) is 1. The number of thiophene rings is 1. The van der Waals surface area contributed by atoms with Gasteiger partial charge in [0.2, 0.25) is 0 Å². The lowest BCUT2D eigenvalue weighted by molar-refractivity contribution is 0.201. The first kappa shape index (κ1) is 14.0. The Morgan fingerprint density at radius 1 is 1.24 bits per heavy atom. The largest absolute Gasteiger partial charge is 0.484 e. The highest BCUT2D eigenvalue weighted by molar-refractivity contribution is 7.10. The summed E-state index contributed by atoms with van der Waals surface area (Å²) in [4.78, 5) is 5.47. The minimum Gasteiger partial charge on any atom is -0.484 e. The van der Waals surface area contributed by atoms with Gasteiger partial charge in [-0.3, -0.25) is 4.98 Å². The Morgan fingerprint density at radius 2 is 2.19 bits per heavy atom. The lowest BCUT2D eigenvalue weighted by Crippen LogP contribution is -2.15. The summed E-state index contributed by atoms with van der Waals surface area (Å²) < 4.78 is 6.30. The van der Waals surface area contributed by atoms with Crippen LogP contribution in [0.3, 0.4) is 0 Å². The van der Waals surface area contributed by atoms with Gasteiger partial charge >= 0.3 is 0 Å². The third kappa shape index (κ3) is 3.23. The maximum absolute atomic E-state index is 6.30. The molecule has 0 saturated heterocycles. The number of rotatable bonds is 6. The maximum Gasteiger partial charge on any atom is 0.134 e. The Bertz CT molecular complexity index is 692. The van der Waals surface area contributed by atoms with Gasteiger partial charge in [0.25, 0.3) is 0 Å². The van der Waals surface area contributed by atoms with E-state index in [-0.39, 0.29) is 6.10 Å². The molecule has 21 heavy (non-hydrogen) atoms. The summed E-state index contributed by atoms with van der Waals surface area (Å²) in [6.45, 7) is 0.922. The number of nitrogens with zero attached hydrogens (tertiary/aromatic N) is 1. The molecule has 3 rings (SSSR count). The molecule has 0 bridgehead atoms. The zero-order valence-corrected chi connectivity index (χ0v) is 12.8. The minimum absolute atomic E-state index is 0.0725. The second kappa shape index (κ2) is 6.70. The van der Waals surface area contributed by atoms with Gasteiger partial charge in [0.05, 0.1) is 0 Å². The molecule has 0 fully saturated rings. The maximum atomic E-state index is 6.30. The van der Waals surface area contributed by atoms with E-state index < -0.39 is 0 Å². The summed E-state index contributed by atoms with van der Waals surface area (Å²) in [7, 11) is 1.97. The van der Waals surface area contributed by atoms with Crippen LogP contribution >= 0.6 is 11.3 Å². The highest BCUT2D eigenvalue weighted by Gasteiger charge is 2.15. The first-order valence-electron chi connectivity index (χ1n) is 7.06. The van der Waals surface area contributed by atoms with E-state index in [4.69, 9.17) is 4.74 Å². The van der Waals surface area contributed by atoms with Crippen molar-refractivity contribution in [3.63, 3.8) is 0 Å². The molecule has 3 aromatic rings. The van der Waals surface area contributed by atoms with E-state index >= 15 is 0 Å². The van der Waals surface area contributed by atoms with Crippen molar-refractivity contribution in [1.82, 2.24) is 10.3 Å². The molecule has 1 N–H and O–H groups in total. The van der Waals surface area contributed by atoms with Crippen molar-refractivity contribution in [2.75, 3.05) is 13.6 Å². The standard InChI is InChI=1S/C17H18N2OS/c1-18-9-8-16(17-6-3-11-21-17)20-15-5-2-4-13-7-10-19-12-14(13)15/h2-7,10-12,16,18H,8-9H2,1H3/t16-/m0/s1. The van der Waals surface area contributed by atoms with Gasteiger partial charge in [0.15, 0.2) is 0 Å². The second-order valence-corrected chi connectivity index (χ2v) is 5.85. The highest BCUT2D eigenvalue weighted by atomic mass is 32.1. The van der Waals surface area contributed by atoms with Gasteiger partial charge in [-0.2, -0.15) is 0 Å². The molecule has 1 atom stereocenters. The minimum atomic E-state index is 0.0725. The van der Waals surface area contributed by atoms with Crippen LogP contribution in [0.25, 0.3) is 10.8 Å². The SMILES string of the molecule is CNCC[C@H](Oc1cccc2ccncc12)c1cccs1. The Hall–Kier alpha value is -1.91. The van der Waals surface area contributed by atoms with Crippen molar-refractivity contribution in [2.24, 2.45) is 0 Å². The van der Waals surface area contributed by atoms with Gasteiger partial charge in [-0.25, -0.2) is 0 Å². The number of pyridine rings is 1. The molecule has 0 aliphatic heterocycles. The van der Waals surface area contributed by atoms with Crippen LogP contribution in [-0.2, 0) is 0 Å². The number of hydrogen-bond donors (Lipinski definition) is 1. The molecule has 3 nitrogen and oxygen atoms in total. The number of aromatic nitrogens is 1. The molecule has 108 valence electrons. The Balaban J connectivity index is 1.90. The third-order valence-corrected chi connectivity index (χ3v) is 4.39. The average molecular weight is 298 g/mol. The van der Waals surface area contributed by atoms with E-state index in [1.165, 1.54) is 4.88 Å². The third-order valence-electron chi connectivity index (χ3n) is 3.43. The molecule has 0 aliphatic rings. The molecule has 4 heteroatoms. The van der Waals surface area contributed by atoms with Crippen molar-refractivity contribution < 1.29 is 4.74 Å². The number of fused-ring (bicyclic) bond motifs is 1. The van der Waals surface area contributed by atoms with E-state index in [2.05, 4.69) is 33.9 Å². The predicted octanol–water partition coefficient (Wildman–Crippen LogP) is 4.03. The lowest BCUT2D eigenvalue weighted by atomic mass is 10.1. The second-order valence-electron chi connectivity index (χ2n) is 4.87. The summed E-state index contributed by atoms with van der Waals surface area (Å²) in [6.07, 6.45) is 4.69. The monoisotopic (exact) mass is 298 g/mol. The van der Waals surface area contributed by atoms with Gasteiger partial charge in [0, 0.05) is 29.1 Å². The number of hydrogen-bond acceptors (Lipinski definition) is 4. The van der Waals surface area contributed by atoms with Crippen molar-refractivity contribution in [1.29, 1.82) is 0 Å². The number of ether oxygens (including phenoxy) is 1. The first-order valence-corrected chi connectivity index (χ1v) is 7.94. The zero-order chi connectivity index (χ0) is 14.5. The first-order chi connectivity index (χ1) is 10.4. The molecule has 0 unspecified atom stereocenters. The number of benzene rings is 1. The highest BCUT2D eigenvalue weighted by Crippen LogP contribution is 2.32. The molecule has 1 aromatic carbocycles. The van der Waals surface area contributed by atoms with Crippen molar-refractivity contribution in [3.8, 4) is 5.75 Å². The lowest BCUT2D eigenvalue weighted by Gasteiger charge is -2.19. The van der Waals surface area contributed by atoms with E-state index in [9.17, 15) is 0 Å². The van der Waals surface area contributed by atoms with Crippen LogP contribution < -0.4 is 10.1 Å². The summed E-state index contributed by atoms with van der Waals surface area (Å²) in [5.74, 6) is 0.898. The van der Waals surface area contributed by atoms with Crippen LogP contribution in [0.4, 0.5) is 0 Å². The Labute approximate surface area is 128 Å². The van der Waals surface area contributed by atoms with Crippen molar-refractivity contribution in [3.05, 3.63) is 59.0 Å². The Kier molecular flexibility index (Phi) is 4.48. The molecular formula is C17H18N2OS. The van der Waals surface area contributed by atoms with Gasteiger partial charge in [-0.05, 0) is 42.6 Å². The van der Waals surface area contributed by atoms with Gasteiger partial charge in [-0.15, -0.1) is 11.3 Å². The van der Waals surface area contributed by atoms with Crippen LogP contribution in [0.1, 0.15) is 17.4 Å². The summed E-state index contributed by atoms with van der Waals surface area (Å²) in [5.41, 5.74) is 0. The summed E-state index contributed by atoms with van der Waals surface area (Å²) in [6, 6.07) is 12.3. The Morgan fingerprint density at radius 3 is 3.00 bits per heavy atom. The van der Waals surface area contributed by atoms with Gasteiger partial charge in [0.1, 0.15) is 11.9 Å². The fraction of sp³-hybridized carbons (Fsp3) is 0.235. The molecule has 2 heterocycles. The van der Waals surface area contributed by atoms with Crippen LogP contribution in [0.15, 0.2) is 54.2 Å².